The van der Waals surface area contributed by atoms with Crippen molar-refractivity contribution in [1.82, 2.24) is 4.98 Å². The summed E-state index contributed by atoms with van der Waals surface area (Å²) in [6.45, 7) is 0.160. The van der Waals surface area contributed by atoms with E-state index >= 15 is 0 Å². The highest BCUT2D eigenvalue weighted by molar-refractivity contribution is 5.89. The fourth-order valence-corrected chi connectivity index (χ4v) is 2.78. The Labute approximate surface area is 151 Å². The fourth-order valence-electron chi connectivity index (χ4n) is 2.78. The summed E-state index contributed by atoms with van der Waals surface area (Å²) in [5, 5.41) is 0. The van der Waals surface area contributed by atoms with Crippen molar-refractivity contribution in [1.29, 1.82) is 0 Å². The summed E-state index contributed by atoms with van der Waals surface area (Å²) in [6.07, 6.45) is 2.03. The third-order valence-electron chi connectivity index (χ3n) is 4.32. The number of esters is 1. The van der Waals surface area contributed by atoms with Crippen LogP contribution < -0.4 is 4.74 Å². The highest BCUT2D eigenvalue weighted by atomic mass is 16.5. The molecule has 26 heavy (non-hydrogen) atoms. The number of rotatable bonds is 6. The molecule has 0 amide bonds. The lowest BCUT2D eigenvalue weighted by atomic mass is 10.2. The number of methoxy groups -OCH3 is 1. The Morgan fingerprint density at radius 3 is 2.69 bits per heavy atom. The topological polar surface area (TPSA) is 61.6 Å². The zero-order chi connectivity index (χ0) is 17.9. The number of hydrogen-bond acceptors (Lipinski definition) is 5. The molecule has 1 fully saturated rings. The maximum absolute atomic E-state index is 12.6. The highest BCUT2D eigenvalue weighted by Gasteiger charge is 2.34. The zero-order valence-corrected chi connectivity index (χ0v) is 14.5. The van der Waals surface area contributed by atoms with E-state index in [9.17, 15) is 4.79 Å². The van der Waals surface area contributed by atoms with Crippen LogP contribution in [0.5, 0.6) is 5.75 Å². The van der Waals surface area contributed by atoms with Crippen LogP contribution in [-0.4, -0.2) is 18.1 Å². The molecular formula is C21H19NO4. The van der Waals surface area contributed by atoms with Crippen LogP contribution in [0.4, 0.5) is 0 Å². The first-order chi connectivity index (χ1) is 12.7. The summed E-state index contributed by atoms with van der Waals surface area (Å²) >= 11 is 0. The molecule has 1 aliphatic carbocycles. The van der Waals surface area contributed by atoms with E-state index in [0.717, 1.165) is 29.7 Å². The largest absolute Gasteiger partial charge is 0.497 e. The Balaban J connectivity index is 1.54. The molecule has 1 aromatic heterocycles. The van der Waals surface area contributed by atoms with Gasteiger partial charge in [0.1, 0.15) is 18.1 Å². The van der Waals surface area contributed by atoms with Crippen LogP contribution in [0, 0.1) is 0 Å². The van der Waals surface area contributed by atoms with Gasteiger partial charge < -0.3 is 13.9 Å². The molecule has 0 atom stereocenters. The Morgan fingerprint density at radius 1 is 1.15 bits per heavy atom. The maximum atomic E-state index is 12.6. The maximum Gasteiger partial charge on any atom is 0.360 e. The smallest absolute Gasteiger partial charge is 0.360 e. The van der Waals surface area contributed by atoms with Gasteiger partial charge in [0.2, 0.25) is 5.89 Å². The first kappa shape index (κ1) is 16.4. The molecule has 0 bridgehead atoms. The molecule has 4 rings (SSSR count). The Bertz CT molecular complexity index is 913. The number of carbonyl (C=O) groups is 1. The van der Waals surface area contributed by atoms with Gasteiger partial charge in [0.25, 0.3) is 0 Å². The molecule has 1 saturated carbocycles. The van der Waals surface area contributed by atoms with Crippen molar-refractivity contribution in [3.63, 3.8) is 0 Å². The number of nitrogens with zero attached hydrogens (tertiary/aromatic N) is 1. The average molecular weight is 349 g/mol. The lowest BCUT2D eigenvalue weighted by Gasteiger charge is -2.06. The van der Waals surface area contributed by atoms with E-state index in [0.29, 0.717) is 11.7 Å². The minimum atomic E-state index is -0.458. The first-order valence-electron chi connectivity index (χ1n) is 8.61. The van der Waals surface area contributed by atoms with Gasteiger partial charge in [-0.3, -0.25) is 0 Å². The summed E-state index contributed by atoms with van der Waals surface area (Å²) in [5.41, 5.74) is 1.99. The predicted octanol–water partition coefficient (Wildman–Crippen LogP) is 4.58. The monoisotopic (exact) mass is 349 g/mol. The van der Waals surface area contributed by atoms with Gasteiger partial charge in [-0.2, -0.15) is 0 Å². The van der Waals surface area contributed by atoms with Gasteiger partial charge in [-0.05, 0) is 42.7 Å². The SMILES string of the molecule is COc1cccc(COC(=O)c2nc(-c3ccccc3)oc2C2CC2)c1. The quantitative estimate of drug-likeness (QED) is 0.609. The number of ether oxygens (including phenoxy) is 2. The fraction of sp³-hybridized carbons (Fsp3) is 0.238. The summed E-state index contributed by atoms with van der Waals surface area (Å²) in [6, 6.07) is 17.0. The number of benzene rings is 2. The van der Waals surface area contributed by atoms with Crippen molar-refractivity contribution in [3.05, 3.63) is 71.6 Å². The molecule has 5 nitrogen and oxygen atoms in total. The molecule has 0 unspecified atom stereocenters. The van der Waals surface area contributed by atoms with Crippen molar-refractivity contribution >= 4 is 5.97 Å². The van der Waals surface area contributed by atoms with E-state index in [1.807, 2.05) is 54.6 Å². The van der Waals surface area contributed by atoms with Gasteiger partial charge in [-0.1, -0.05) is 30.3 Å². The van der Waals surface area contributed by atoms with Gasteiger partial charge in [0.15, 0.2) is 5.69 Å². The lowest BCUT2D eigenvalue weighted by Crippen LogP contribution is -2.08. The van der Waals surface area contributed by atoms with Crippen molar-refractivity contribution < 1.29 is 18.7 Å². The van der Waals surface area contributed by atoms with Gasteiger partial charge in [0, 0.05) is 11.5 Å². The van der Waals surface area contributed by atoms with Crippen molar-refractivity contribution in [2.45, 2.75) is 25.4 Å². The Hall–Kier alpha value is -3.08. The van der Waals surface area contributed by atoms with E-state index < -0.39 is 5.97 Å². The number of oxazole rings is 1. The second kappa shape index (κ2) is 7.04. The van der Waals surface area contributed by atoms with Crippen LogP contribution in [0.25, 0.3) is 11.5 Å². The molecule has 2 aromatic carbocycles. The van der Waals surface area contributed by atoms with Gasteiger partial charge in [-0.15, -0.1) is 0 Å². The zero-order valence-electron chi connectivity index (χ0n) is 14.5. The molecule has 0 aliphatic heterocycles. The first-order valence-corrected chi connectivity index (χ1v) is 8.61. The van der Waals surface area contributed by atoms with E-state index in [-0.39, 0.29) is 18.2 Å². The molecule has 5 heteroatoms. The molecule has 0 N–H and O–H groups in total. The van der Waals surface area contributed by atoms with E-state index in [2.05, 4.69) is 4.98 Å². The second-order valence-corrected chi connectivity index (χ2v) is 6.30. The molecule has 1 aliphatic rings. The molecule has 0 spiro atoms. The molecule has 1 heterocycles. The second-order valence-electron chi connectivity index (χ2n) is 6.30. The molecule has 0 saturated heterocycles. The average Bonchev–Trinajstić information content (AvgIpc) is 3.45. The minimum Gasteiger partial charge on any atom is -0.497 e. The van der Waals surface area contributed by atoms with Crippen LogP contribution in [-0.2, 0) is 11.3 Å². The number of aromatic nitrogens is 1. The van der Waals surface area contributed by atoms with Crippen LogP contribution in [0.15, 0.2) is 59.0 Å². The van der Waals surface area contributed by atoms with Crippen LogP contribution >= 0.6 is 0 Å². The third-order valence-corrected chi connectivity index (χ3v) is 4.32. The van der Waals surface area contributed by atoms with E-state index in [1.165, 1.54) is 0 Å². The normalized spacial score (nSPS) is 13.4. The van der Waals surface area contributed by atoms with Crippen molar-refractivity contribution in [2.24, 2.45) is 0 Å². The molecule has 3 aromatic rings. The van der Waals surface area contributed by atoms with Crippen molar-refractivity contribution in [2.75, 3.05) is 7.11 Å². The van der Waals surface area contributed by atoms with Crippen LogP contribution in [0.3, 0.4) is 0 Å². The van der Waals surface area contributed by atoms with E-state index in [4.69, 9.17) is 13.9 Å². The molecule has 132 valence electrons. The standard InChI is InChI=1S/C21H19NO4/c1-24-17-9-5-6-14(12-17)13-25-21(23)18-19(15-10-11-15)26-20(22-18)16-7-3-2-4-8-16/h2-9,12,15H,10-11,13H2,1H3. The Morgan fingerprint density at radius 2 is 1.96 bits per heavy atom. The Kier molecular flexibility index (Phi) is 4.44. The number of carbonyl (C=O) groups excluding carboxylic acids is 1. The van der Waals surface area contributed by atoms with Gasteiger partial charge >= 0.3 is 5.97 Å². The predicted molar refractivity (Wildman–Crippen MR) is 96.0 cm³/mol. The van der Waals surface area contributed by atoms with Crippen LogP contribution in [0.1, 0.15) is 40.6 Å². The summed E-state index contributed by atoms with van der Waals surface area (Å²) in [5.74, 6) is 1.63. The summed E-state index contributed by atoms with van der Waals surface area (Å²) < 4.78 is 16.6. The third kappa shape index (κ3) is 3.47. The van der Waals surface area contributed by atoms with Gasteiger partial charge in [-0.25, -0.2) is 9.78 Å². The van der Waals surface area contributed by atoms with Crippen molar-refractivity contribution in [3.8, 4) is 17.2 Å². The lowest BCUT2D eigenvalue weighted by molar-refractivity contribution is 0.0463. The summed E-state index contributed by atoms with van der Waals surface area (Å²) in [7, 11) is 1.60. The summed E-state index contributed by atoms with van der Waals surface area (Å²) in [4.78, 5) is 17.0. The number of hydrogen-bond donors (Lipinski definition) is 0. The highest BCUT2D eigenvalue weighted by Crippen LogP contribution is 2.43. The molecular weight excluding hydrogens is 330 g/mol. The van der Waals surface area contributed by atoms with E-state index in [1.54, 1.807) is 7.11 Å². The van der Waals surface area contributed by atoms with Gasteiger partial charge in [0.05, 0.1) is 7.11 Å². The molecule has 0 radical (unpaired) electrons. The van der Waals surface area contributed by atoms with Crippen LogP contribution in [0.2, 0.25) is 0 Å². The minimum absolute atomic E-state index is 0.160.